The van der Waals surface area contributed by atoms with Crippen LogP contribution in [0.15, 0.2) is 48.8 Å². The van der Waals surface area contributed by atoms with Crippen molar-refractivity contribution in [1.82, 2.24) is 9.88 Å². The number of benzene rings is 1. The third-order valence-corrected chi connectivity index (χ3v) is 4.66. The molecule has 1 fully saturated rings. The molecule has 4 nitrogen and oxygen atoms in total. The molecule has 1 aromatic carbocycles. The Labute approximate surface area is 143 Å². The molecule has 0 aliphatic carbocycles. The number of likely N-dealkylation sites (tertiary alicyclic amines) is 1. The van der Waals surface area contributed by atoms with E-state index in [2.05, 4.69) is 27.6 Å². The molecule has 1 amide bonds. The fraction of sp³-hybridized carbons (Fsp3) is 0.294. The van der Waals surface area contributed by atoms with Gasteiger partial charge in [0.15, 0.2) is 0 Å². The molecule has 0 radical (unpaired) electrons. The molecule has 0 saturated carbocycles. The lowest BCUT2D eigenvalue weighted by molar-refractivity contribution is 0.0537. The highest BCUT2D eigenvalue weighted by atomic mass is 127. The van der Waals surface area contributed by atoms with E-state index in [0.717, 1.165) is 34.3 Å². The molecule has 0 bridgehead atoms. The molecule has 114 valence electrons. The molecule has 1 atom stereocenters. The summed E-state index contributed by atoms with van der Waals surface area (Å²) in [6.45, 7) is 1.42. The lowest BCUT2D eigenvalue weighted by atomic mass is 10.1. The summed E-state index contributed by atoms with van der Waals surface area (Å²) in [6, 6.07) is 11.4. The van der Waals surface area contributed by atoms with E-state index in [1.165, 1.54) is 0 Å². The molecule has 1 aliphatic rings. The van der Waals surface area contributed by atoms with E-state index in [0.29, 0.717) is 6.54 Å². The molecular weight excluding hydrogens is 391 g/mol. The minimum atomic E-state index is 0.0430. The average Bonchev–Trinajstić information content (AvgIpc) is 2.56. The quantitative estimate of drug-likeness (QED) is 0.732. The maximum absolute atomic E-state index is 12.7. The number of pyridine rings is 1. The monoisotopic (exact) mass is 408 g/mol. The van der Waals surface area contributed by atoms with E-state index in [9.17, 15) is 4.79 Å². The van der Waals surface area contributed by atoms with Crippen LogP contribution >= 0.6 is 22.6 Å². The second kappa shape index (κ2) is 7.09. The van der Waals surface area contributed by atoms with Gasteiger partial charge in [-0.2, -0.15) is 0 Å². The van der Waals surface area contributed by atoms with Crippen molar-refractivity contribution in [3.63, 3.8) is 0 Å². The predicted molar refractivity (Wildman–Crippen MR) is 92.9 cm³/mol. The highest BCUT2D eigenvalue weighted by Gasteiger charge is 2.26. The topological polar surface area (TPSA) is 42.4 Å². The van der Waals surface area contributed by atoms with Gasteiger partial charge in [-0.25, -0.2) is 0 Å². The lowest BCUT2D eigenvalue weighted by Gasteiger charge is -2.33. The number of carbonyl (C=O) groups excluding carboxylic acids is 1. The Morgan fingerprint density at radius 3 is 2.77 bits per heavy atom. The van der Waals surface area contributed by atoms with Crippen molar-refractivity contribution in [2.45, 2.75) is 18.9 Å². The Balaban J connectivity index is 1.68. The number of piperidine rings is 1. The first kappa shape index (κ1) is 15.3. The van der Waals surface area contributed by atoms with Gasteiger partial charge in [-0.05, 0) is 59.7 Å². The fourth-order valence-electron chi connectivity index (χ4n) is 2.63. The minimum absolute atomic E-state index is 0.0430. The number of amides is 1. The molecule has 2 heterocycles. The normalized spacial score (nSPS) is 18.0. The van der Waals surface area contributed by atoms with Crippen molar-refractivity contribution in [1.29, 1.82) is 0 Å². The van der Waals surface area contributed by atoms with Gasteiger partial charge in [-0.3, -0.25) is 9.78 Å². The van der Waals surface area contributed by atoms with Crippen LogP contribution in [0, 0.1) is 3.57 Å². The number of carbonyl (C=O) groups is 1. The number of rotatable bonds is 3. The summed E-state index contributed by atoms with van der Waals surface area (Å²) in [4.78, 5) is 18.6. The summed E-state index contributed by atoms with van der Waals surface area (Å²) < 4.78 is 6.95. The third kappa shape index (κ3) is 3.58. The van der Waals surface area contributed by atoms with Gasteiger partial charge in [0, 0.05) is 22.5 Å². The summed E-state index contributed by atoms with van der Waals surface area (Å²) in [5.41, 5.74) is 0.771. The zero-order valence-electron chi connectivity index (χ0n) is 12.1. The van der Waals surface area contributed by atoms with Gasteiger partial charge in [-0.1, -0.05) is 12.1 Å². The van der Waals surface area contributed by atoms with Gasteiger partial charge in [-0.15, -0.1) is 0 Å². The summed E-state index contributed by atoms with van der Waals surface area (Å²) >= 11 is 2.21. The number of ether oxygens (including phenoxy) is 1. The summed E-state index contributed by atoms with van der Waals surface area (Å²) in [5, 5.41) is 0. The van der Waals surface area contributed by atoms with Gasteiger partial charge < -0.3 is 9.64 Å². The van der Waals surface area contributed by atoms with Crippen LogP contribution in [0.4, 0.5) is 0 Å². The Hall–Kier alpha value is -1.63. The zero-order valence-corrected chi connectivity index (χ0v) is 14.3. The zero-order chi connectivity index (χ0) is 15.4. The van der Waals surface area contributed by atoms with Crippen LogP contribution in [0.5, 0.6) is 5.75 Å². The number of halogens is 1. The largest absolute Gasteiger partial charge is 0.488 e. The second-order valence-electron chi connectivity index (χ2n) is 5.30. The van der Waals surface area contributed by atoms with Crippen LogP contribution in [0.2, 0.25) is 0 Å². The van der Waals surface area contributed by atoms with E-state index in [-0.39, 0.29) is 12.0 Å². The summed E-state index contributed by atoms with van der Waals surface area (Å²) in [7, 11) is 0. The molecule has 22 heavy (non-hydrogen) atoms. The smallest absolute Gasteiger partial charge is 0.255 e. The van der Waals surface area contributed by atoms with Crippen LogP contribution < -0.4 is 4.74 Å². The van der Waals surface area contributed by atoms with E-state index in [1.54, 1.807) is 12.4 Å². The number of hydrogen-bond donors (Lipinski definition) is 0. The molecule has 2 aromatic rings. The standard InChI is InChI=1S/C17H17IN2O2/c18-16-6-2-1-5-15(16)17(21)20-11-3-4-14(12-20)22-13-7-9-19-10-8-13/h1-2,5-10,14H,3-4,11-12H2. The molecule has 1 saturated heterocycles. The summed E-state index contributed by atoms with van der Waals surface area (Å²) in [6.07, 6.45) is 5.41. The van der Waals surface area contributed by atoms with Gasteiger partial charge in [0.05, 0.1) is 12.1 Å². The first-order valence-corrected chi connectivity index (χ1v) is 8.42. The van der Waals surface area contributed by atoms with E-state index in [1.807, 2.05) is 41.3 Å². The summed E-state index contributed by atoms with van der Waals surface area (Å²) in [5.74, 6) is 0.900. The molecule has 1 aromatic heterocycles. The van der Waals surface area contributed by atoms with Crippen LogP contribution in [0.1, 0.15) is 23.2 Å². The van der Waals surface area contributed by atoms with Crippen molar-refractivity contribution >= 4 is 28.5 Å². The van der Waals surface area contributed by atoms with Crippen LogP contribution in [-0.4, -0.2) is 35.0 Å². The molecule has 3 rings (SSSR count). The first-order chi connectivity index (χ1) is 10.7. The van der Waals surface area contributed by atoms with E-state index >= 15 is 0 Å². The van der Waals surface area contributed by atoms with E-state index in [4.69, 9.17) is 4.74 Å². The van der Waals surface area contributed by atoms with E-state index < -0.39 is 0 Å². The Morgan fingerprint density at radius 2 is 2.00 bits per heavy atom. The highest BCUT2D eigenvalue weighted by molar-refractivity contribution is 14.1. The molecule has 1 aliphatic heterocycles. The third-order valence-electron chi connectivity index (χ3n) is 3.72. The average molecular weight is 408 g/mol. The van der Waals surface area contributed by atoms with Gasteiger partial charge in [0.1, 0.15) is 11.9 Å². The fourth-order valence-corrected chi connectivity index (χ4v) is 3.25. The van der Waals surface area contributed by atoms with Crippen molar-refractivity contribution in [2.24, 2.45) is 0 Å². The molecule has 0 spiro atoms. The van der Waals surface area contributed by atoms with Crippen molar-refractivity contribution in [2.75, 3.05) is 13.1 Å². The molecule has 0 N–H and O–H groups in total. The second-order valence-corrected chi connectivity index (χ2v) is 6.46. The first-order valence-electron chi connectivity index (χ1n) is 7.34. The Morgan fingerprint density at radius 1 is 1.23 bits per heavy atom. The van der Waals surface area contributed by atoms with Crippen LogP contribution in [0.25, 0.3) is 0 Å². The minimum Gasteiger partial charge on any atom is -0.488 e. The molecule has 1 unspecified atom stereocenters. The highest BCUT2D eigenvalue weighted by Crippen LogP contribution is 2.21. The van der Waals surface area contributed by atoms with Gasteiger partial charge >= 0.3 is 0 Å². The maximum atomic E-state index is 12.7. The molecular formula is C17H17IN2O2. The number of nitrogens with zero attached hydrogens (tertiary/aromatic N) is 2. The lowest BCUT2D eigenvalue weighted by Crippen LogP contribution is -2.44. The Kier molecular flexibility index (Phi) is 4.92. The Bertz CT molecular complexity index is 648. The van der Waals surface area contributed by atoms with Crippen LogP contribution in [-0.2, 0) is 0 Å². The van der Waals surface area contributed by atoms with Crippen molar-refractivity contribution in [3.05, 3.63) is 57.9 Å². The van der Waals surface area contributed by atoms with Crippen molar-refractivity contribution in [3.8, 4) is 5.75 Å². The van der Waals surface area contributed by atoms with Crippen LogP contribution in [0.3, 0.4) is 0 Å². The van der Waals surface area contributed by atoms with Gasteiger partial charge in [0.25, 0.3) is 5.91 Å². The SMILES string of the molecule is O=C(c1ccccc1I)N1CCCC(Oc2ccncc2)C1. The number of hydrogen-bond acceptors (Lipinski definition) is 3. The van der Waals surface area contributed by atoms with Gasteiger partial charge in [0.2, 0.25) is 0 Å². The molecule has 5 heteroatoms. The predicted octanol–water partition coefficient (Wildman–Crippen LogP) is 3.37. The maximum Gasteiger partial charge on any atom is 0.255 e. The number of aromatic nitrogens is 1. The van der Waals surface area contributed by atoms with Crippen molar-refractivity contribution < 1.29 is 9.53 Å².